The van der Waals surface area contributed by atoms with Gasteiger partial charge in [-0.1, -0.05) is 36.6 Å². The molecule has 2 unspecified atom stereocenters. The maximum absolute atomic E-state index is 13.8. The van der Waals surface area contributed by atoms with Crippen LogP contribution in [0.15, 0.2) is 18.2 Å². The number of hydrogen-bond donors (Lipinski definition) is 3. The van der Waals surface area contributed by atoms with Crippen LogP contribution in [0.2, 0.25) is 5.02 Å². The summed E-state index contributed by atoms with van der Waals surface area (Å²) in [7, 11) is 1.61. The van der Waals surface area contributed by atoms with Gasteiger partial charge in [0.05, 0.1) is 27.3 Å². The minimum absolute atomic E-state index is 0.0583. The summed E-state index contributed by atoms with van der Waals surface area (Å²) in [4.78, 5) is 41.9. The van der Waals surface area contributed by atoms with Crippen LogP contribution in [0.5, 0.6) is 0 Å². The maximum atomic E-state index is 13.8. The SMILES string of the molecule is CNC(=O)[C@@H]1[C@@H]2CCC3(S2)C(C(=O)Nc2c(C)cccc2Cl)N(CCCCCCO)C(=O)[C@H]13. The molecule has 3 saturated heterocycles. The van der Waals surface area contributed by atoms with Crippen LogP contribution in [-0.2, 0) is 14.4 Å². The molecule has 4 rings (SSSR count). The maximum Gasteiger partial charge on any atom is 0.248 e. The van der Waals surface area contributed by atoms with E-state index in [2.05, 4.69) is 10.6 Å². The summed E-state index contributed by atoms with van der Waals surface area (Å²) in [5.41, 5.74) is 1.43. The molecule has 7 nitrogen and oxygen atoms in total. The lowest BCUT2D eigenvalue weighted by Gasteiger charge is -2.34. The number of aryl methyl sites for hydroxylation is 1. The number of aliphatic hydroxyl groups excluding tert-OH is 1. The number of carbonyl (C=O) groups excluding carboxylic acids is 3. The average molecular weight is 494 g/mol. The fraction of sp³-hybridized carbons (Fsp3) is 0.625. The van der Waals surface area contributed by atoms with Gasteiger partial charge in [0.2, 0.25) is 17.7 Å². The van der Waals surface area contributed by atoms with Crippen molar-refractivity contribution in [1.82, 2.24) is 10.2 Å². The van der Waals surface area contributed by atoms with E-state index in [0.717, 1.165) is 44.1 Å². The fourth-order valence-electron chi connectivity index (χ4n) is 5.89. The molecular formula is C24H32ClN3O4S. The van der Waals surface area contributed by atoms with Crippen molar-refractivity contribution < 1.29 is 19.5 Å². The van der Waals surface area contributed by atoms with Gasteiger partial charge in [0.25, 0.3) is 0 Å². The van der Waals surface area contributed by atoms with Crippen molar-refractivity contribution in [3.63, 3.8) is 0 Å². The number of unbranched alkanes of at least 4 members (excludes halogenated alkanes) is 3. The van der Waals surface area contributed by atoms with Gasteiger partial charge in [0, 0.05) is 25.4 Å². The summed E-state index contributed by atoms with van der Waals surface area (Å²) < 4.78 is -0.594. The Hall–Kier alpha value is -1.77. The van der Waals surface area contributed by atoms with Crippen LogP contribution in [0.4, 0.5) is 5.69 Å². The number of benzene rings is 1. The topological polar surface area (TPSA) is 98.7 Å². The molecule has 1 aromatic rings. The fourth-order valence-corrected chi connectivity index (χ4v) is 8.38. The van der Waals surface area contributed by atoms with Gasteiger partial charge in [-0.25, -0.2) is 0 Å². The van der Waals surface area contributed by atoms with Crippen LogP contribution in [0.1, 0.15) is 44.1 Å². The number of amides is 3. The molecule has 0 aliphatic carbocycles. The van der Waals surface area contributed by atoms with E-state index < -0.39 is 22.6 Å². The second-order valence-corrected chi connectivity index (χ2v) is 11.3. The van der Waals surface area contributed by atoms with Crippen molar-refractivity contribution in [1.29, 1.82) is 0 Å². The molecule has 33 heavy (non-hydrogen) atoms. The Kier molecular flexibility index (Phi) is 7.26. The van der Waals surface area contributed by atoms with E-state index in [1.165, 1.54) is 0 Å². The number of aliphatic hydroxyl groups is 1. The van der Waals surface area contributed by atoms with Gasteiger partial charge >= 0.3 is 0 Å². The van der Waals surface area contributed by atoms with Gasteiger partial charge in [0.15, 0.2) is 0 Å². The largest absolute Gasteiger partial charge is 0.396 e. The highest BCUT2D eigenvalue weighted by Gasteiger charge is 2.73. The van der Waals surface area contributed by atoms with Gasteiger partial charge < -0.3 is 20.6 Å². The number of rotatable bonds is 9. The Morgan fingerprint density at radius 1 is 1.24 bits per heavy atom. The average Bonchev–Trinajstić information content (AvgIpc) is 3.43. The third-order valence-corrected chi connectivity index (χ3v) is 9.64. The first-order chi connectivity index (χ1) is 15.9. The molecule has 3 amide bonds. The van der Waals surface area contributed by atoms with Crippen LogP contribution in [0, 0.1) is 18.8 Å². The lowest BCUT2D eigenvalue weighted by molar-refractivity contribution is -0.139. The smallest absolute Gasteiger partial charge is 0.248 e. The molecule has 5 atom stereocenters. The summed E-state index contributed by atoms with van der Waals surface area (Å²) in [6.45, 7) is 2.51. The summed E-state index contributed by atoms with van der Waals surface area (Å²) >= 11 is 8.04. The number of fused-ring (bicyclic) bond motifs is 1. The highest BCUT2D eigenvalue weighted by atomic mass is 35.5. The van der Waals surface area contributed by atoms with Crippen LogP contribution >= 0.6 is 23.4 Å². The molecule has 1 spiro atoms. The number of hydrogen-bond acceptors (Lipinski definition) is 5. The third-order valence-electron chi connectivity index (χ3n) is 7.37. The number of carbonyl (C=O) groups is 3. The second-order valence-electron chi connectivity index (χ2n) is 9.26. The number of nitrogens with zero attached hydrogens (tertiary/aromatic N) is 1. The molecular weight excluding hydrogens is 462 g/mol. The minimum atomic E-state index is -0.645. The molecule has 0 saturated carbocycles. The Balaban J connectivity index is 1.64. The first-order valence-corrected chi connectivity index (χ1v) is 13.0. The van der Waals surface area contributed by atoms with E-state index in [1.54, 1.807) is 29.8 Å². The predicted octanol–water partition coefficient (Wildman–Crippen LogP) is 2.98. The van der Waals surface area contributed by atoms with Crippen LogP contribution in [0.25, 0.3) is 0 Å². The normalized spacial score (nSPS) is 29.9. The Labute approximate surface area is 204 Å². The van der Waals surface area contributed by atoms with Crippen LogP contribution in [-0.4, -0.2) is 64.0 Å². The van der Waals surface area contributed by atoms with E-state index in [4.69, 9.17) is 16.7 Å². The Morgan fingerprint density at radius 3 is 2.70 bits per heavy atom. The van der Waals surface area contributed by atoms with Gasteiger partial charge in [0.1, 0.15) is 6.04 Å². The molecule has 3 fully saturated rings. The molecule has 180 valence electrons. The molecule has 0 radical (unpaired) electrons. The first kappa shape index (κ1) is 24.4. The molecule has 9 heteroatoms. The summed E-state index contributed by atoms with van der Waals surface area (Å²) in [6, 6.07) is 4.82. The van der Waals surface area contributed by atoms with Gasteiger partial charge in [-0.2, -0.15) is 0 Å². The third kappa shape index (κ3) is 4.15. The number of likely N-dealkylation sites (tertiary alicyclic amines) is 1. The molecule has 2 bridgehead atoms. The zero-order chi connectivity index (χ0) is 23.8. The van der Waals surface area contributed by atoms with Gasteiger partial charge in [-0.3, -0.25) is 14.4 Å². The predicted molar refractivity (Wildman–Crippen MR) is 130 cm³/mol. The number of halogens is 1. The van der Waals surface area contributed by atoms with Crippen molar-refractivity contribution in [3.05, 3.63) is 28.8 Å². The quantitative estimate of drug-likeness (QED) is 0.459. The van der Waals surface area contributed by atoms with Crippen LogP contribution in [0.3, 0.4) is 0 Å². The lowest BCUT2D eigenvalue weighted by Crippen LogP contribution is -2.51. The number of anilines is 1. The Morgan fingerprint density at radius 2 is 2.00 bits per heavy atom. The van der Waals surface area contributed by atoms with Gasteiger partial charge in [-0.15, -0.1) is 11.8 Å². The van der Waals surface area contributed by atoms with Crippen molar-refractivity contribution in [3.8, 4) is 0 Å². The van der Waals surface area contributed by atoms with Crippen molar-refractivity contribution in [2.24, 2.45) is 11.8 Å². The molecule has 0 aromatic heterocycles. The van der Waals surface area contributed by atoms with E-state index in [0.29, 0.717) is 17.3 Å². The molecule has 1 aromatic carbocycles. The van der Waals surface area contributed by atoms with Gasteiger partial charge in [-0.05, 0) is 44.2 Å². The monoisotopic (exact) mass is 493 g/mol. The zero-order valence-electron chi connectivity index (χ0n) is 19.1. The summed E-state index contributed by atoms with van der Waals surface area (Å²) in [5.74, 6) is -1.32. The number of thioether (sulfide) groups is 1. The highest BCUT2D eigenvalue weighted by molar-refractivity contribution is 8.02. The summed E-state index contributed by atoms with van der Waals surface area (Å²) in [5, 5.41) is 15.3. The van der Waals surface area contributed by atoms with E-state index in [-0.39, 0.29) is 29.6 Å². The zero-order valence-corrected chi connectivity index (χ0v) is 20.7. The lowest BCUT2D eigenvalue weighted by atomic mass is 9.70. The van der Waals surface area contributed by atoms with Crippen LogP contribution < -0.4 is 10.6 Å². The number of nitrogens with one attached hydrogen (secondary N) is 2. The Bertz CT molecular complexity index is 924. The molecule has 3 aliphatic heterocycles. The van der Waals surface area contributed by atoms with E-state index in [9.17, 15) is 14.4 Å². The molecule has 3 aliphatic rings. The van der Waals surface area contributed by atoms with E-state index in [1.807, 2.05) is 19.1 Å². The van der Waals surface area contributed by atoms with Crippen molar-refractivity contribution in [2.75, 3.05) is 25.5 Å². The van der Waals surface area contributed by atoms with Crippen molar-refractivity contribution >= 4 is 46.8 Å². The summed E-state index contributed by atoms with van der Waals surface area (Å²) in [6.07, 6.45) is 4.79. The first-order valence-electron chi connectivity index (χ1n) is 11.7. The molecule has 3 N–H and O–H groups in total. The van der Waals surface area contributed by atoms with E-state index >= 15 is 0 Å². The second kappa shape index (κ2) is 9.84. The number of para-hydroxylation sites is 1. The molecule has 3 heterocycles. The standard InChI is InChI=1S/C24H32ClN3O4S/c1-14-8-7-9-15(25)19(14)27-22(31)20-24-11-10-16(33-24)17(21(30)26-2)18(24)23(32)28(20)12-5-3-4-6-13-29/h7-9,16-18,20,29H,3-6,10-13H2,1-2H3,(H,26,30)(H,27,31)/t16-,17+,18-,20?,24?/m0/s1. The van der Waals surface area contributed by atoms with Crippen molar-refractivity contribution in [2.45, 2.75) is 61.5 Å². The highest BCUT2D eigenvalue weighted by Crippen LogP contribution is 2.66. The minimum Gasteiger partial charge on any atom is -0.396 e.